The van der Waals surface area contributed by atoms with Gasteiger partial charge in [-0.15, -0.1) is 0 Å². The molecule has 0 amide bonds. The first-order valence-corrected chi connectivity index (χ1v) is 7.48. The monoisotopic (exact) mass is 245 g/mol. The molecule has 2 rings (SSSR count). The number of rotatable bonds is 9. The molecule has 3 nitrogen and oxygen atoms in total. The van der Waals surface area contributed by atoms with Gasteiger partial charge in [-0.2, -0.15) is 11.8 Å². The largest absolute Gasteiger partial charge is 0.389 e. The van der Waals surface area contributed by atoms with Crippen molar-refractivity contribution in [3.8, 4) is 0 Å². The van der Waals surface area contributed by atoms with Gasteiger partial charge in [0.1, 0.15) is 0 Å². The Morgan fingerprint density at radius 2 is 2.25 bits per heavy atom. The second-order valence-electron chi connectivity index (χ2n) is 5.15. The van der Waals surface area contributed by atoms with Crippen molar-refractivity contribution in [2.24, 2.45) is 5.92 Å². The standard InChI is InChI=1S/C12H23NO2S/c1-16-12(4-5-12)9-13-6-11(14)8-15-7-10-2-3-10/h10-11,13-14H,2-9H2,1H3. The Labute approximate surface area is 102 Å². The van der Waals surface area contributed by atoms with E-state index in [1.165, 1.54) is 25.7 Å². The second kappa shape index (κ2) is 5.71. The molecular weight excluding hydrogens is 222 g/mol. The summed E-state index contributed by atoms with van der Waals surface area (Å²) in [7, 11) is 0. The Balaban J connectivity index is 1.45. The first kappa shape index (κ1) is 12.7. The van der Waals surface area contributed by atoms with Crippen LogP contribution in [0.2, 0.25) is 0 Å². The Morgan fingerprint density at radius 3 is 2.81 bits per heavy atom. The predicted molar refractivity (Wildman–Crippen MR) is 67.9 cm³/mol. The number of thioether (sulfide) groups is 1. The molecule has 2 aliphatic rings. The Bertz CT molecular complexity index is 217. The van der Waals surface area contributed by atoms with E-state index < -0.39 is 0 Å². The summed E-state index contributed by atoms with van der Waals surface area (Å²) in [6.45, 7) is 3.00. The Hall–Kier alpha value is 0.230. The van der Waals surface area contributed by atoms with Crippen LogP contribution in [0.25, 0.3) is 0 Å². The number of ether oxygens (including phenoxy) is 1. The van der Waals surface area contributed by atoms with Crippen LogP contribution in [-0.4, -0.2) is 48.5 Å². The van der Waals surface area contributed by atoms with Gasteiger partial charge in [-0.25, -0.2) is 0 Å². The third-order valence-corrected chi connectivity index (χ3v) is 4.85. The Morgan fingerprint density at radius 1 is 1.50 bits per heavy atom. The molecule has 0 heterocycles. The van der Waals surface area contributed by atoms with Crippen molar-refractivity contribution in [3.05, 3.63) is 0 Å². The third kappa shape index (κ3) is 4.24. The van der Waals surface area contributed by atoms with Crippen molar-refractivity contribution in [1.82, 2.24) is 5.32 Å². The second-order valence-corrected chi connectivity index (χ2v) is 6.43. The molecule has 2 fully saturated rings. The number of hydrogen-bond acceptors (Lipinski definition) is 4. The van der Waals surface area contributed by atoms with E-state index in [1.54, 1.807) is 0 Å². The van der Waals surface area contributed by atoms with Gasteiger partial charge in [0, 0.05) is 24.4 Å². The minimum Gasteiger partial charge on any atom is -0.389 e. The van der Waals surface area contributed by atoms with Crippen molar-refractivity contribution in [2.75, 3.05) is 32.6 Å². The van der Waals surface area contributed by atoms with E-state index in [0.717, 1.165) is 19.1 Å². The highest BCUT2D eigenvalue weighted by atomic mass is 32.2. The normalized spacial score (nSPS) is 24.4. The fourth-order valence-corrected chi connectivity index (χ4v) is 2.53. The molecule has 2 saturated carbocycles. The highest BCUT2D eigenvalue weighted by Gasteiger charge is 2.41. The van der Waals surface area contributed by atoms with Gasteiger partial charge in [-0.1, -0.05) is 0 Å². The minimum absolute atomic E-state index is 0.351. The fraction of sp³-hybridized carbons (Fsp3) is 1.00. The van der Waals surface area contributed by atoms with Crippen molar-refractivity contribution in [3.63, 3.8) is 0 Å². The molecule has 2 aliphatic carbocycles. The molecule has 16 heavy (non-hydrogen) atoms. The van der Waals surface area contributed by atoms with Crippen LogP contribution in [0.5, 0.6) is 0 Å². The van der Waals surface area contributed by atoms with E-state index in [1.807, 2.05) is 11.8 Å². The van der Waals surface area contributed by atoms with Crippen LogP contribution >= 0.6 is 11.8 Å². The molecule has 0 aliphatic heterocycles. The lowest BCUT2D eigenvalue weighted by Gasteiger charge is -2.16. The molecule has 94 valence electrons. The molecule has 0 aromatic heterocycles. The van der Waals surface area contributed by atoms with Crippen LogP contribution in [0.1, 0.15) is 25.7 Å². The molecule has 2 N–H and O–H groups in total. The zero-order valence-electron chi connectivity index (χ0n) is 10.1. The summed E-state index contributed by atoms with van der Waals surface area (Å²) in [5.74, 6) is 0.784. The summed E-state index contributed by atoms with van der Waals surface area (Å²) in [5, 5.41) is 13.0. The maximum absolute atomic E-state index is 9.68. The maximum atomic E-state index is 9.68. The fourth-order valence-electron chi connectivity index (χ4n) is 1.77. The van der Waals surface area contributed by atoms with Crippen LogP contribution in [0.3, 0.4) is 0 Å². The summed E-state index contributed by atoms with van der Waals surface area (Å²) >= 11 is 1.94. The molecule has 0 spiro atoms. The Kier molecular flexibility index (Phi) is 4.53. The molecule has 4 heteroatoms. The highest BCUT2D eigenvalue weighted by molar-refractivity contribution is 8.00. The van der Waals surface area contributed by atoms with E-state index in [0.29, 0.717) is 17.9 Å². The molecule has 1 atom stereocenters. The zero-order chi connectivity index (χ0) is 11.4. The van der Waals surface area contributed by atoms with E-state index in [2.05, 4.69) is 11.6 Å². The smallest absolute Gasteiger partial charge is 0.0897 e. The van der Waals surface area contributed by atoms with Gasteiger partial charge in [-0.3, -0.25) is 0 Å². The van der Waals surface area contributed by atoms with Crippen molar-refractivity contribution in [1.29, 1.82) is 0 Å². The molecule has 1 unspecified atom stereocenters. The first-order valence-electron chi connectivity index (χ1n) is 6.26. The van der Waals surface area contributed by atoms with Crippen LogP contribution in [-0.2, 0) is 4.74 Å². The average molecular weight is 245 g/mol. The number of aliphatic hydroxyl groups excluding tert-OH is 1. The van der Waals surface area contributed by atoms with Gasteiger partial charge in [0.25, 0.3) is 0 Å². The van der Waals surface area contributed by atoms with Gasteiger partial charge in [0.15, 0.2) is 0 Å². The maximum Gasteiger partial charge on any atom is 0.0897 e. The summed E-state index contributed by atoms with van der Waals surface area (Å²) in [6, 6.07) is 0. The topological polar surface area (TPSA) is 41.5 Å². The molecule has 0 radical (unpaired) electrons. The van der Waals surface area contributed by atoms with E-state index in [9.17, 15) is 5.11 Å². The predicted octanol–water partition coefficient (Wildman–Crippen LogP) is 1.26. The van der Waals surface area contributed by atoms with Gasteiger partial charge >= 0.3 is 0 Å². The molecule has 0 saturated heterocycles. The molecular formula is C12H23NO2S. The first-order chi connectivity index (χ1) is 7.74. The quantitative estimate of drug-likeness (QED) is 0.642. The molecule has 0 aromatic rings. The van der Waals surface area contributed by atoms with Crippen molar-refractivity contribution >= 4 is 11.8 Å². The number of hydrogen-bond donors (Lipinski definition) is 2. The van der Waals surface area contributed by atoms with Crippen LogP contribution in [0.15, 0.2) is 0 Å². The summed E-state index contributed by atoms with van der Waals surface area (Å²) in [6.07, 6.45) is 7.07. The van der Waals surface area contributed by atoms with E-state index in [4.69, 9.17) is 4.74 Å². The SMILES string of the molecule is CSC1(CNCC(O)COCC2CC2)CC1. The van der Waals surface area contributed by atoms with Gasteiger partial charge in [-0.05, 0) is 37.9 Å². The van der Waals surface area contributed by atoms with Crippen LogP contribution in [0.4, 0.5) is 0 Å². The third-order valence-electron chi connectivity index (χ3n) is 3.43. The van der Waals surface area contributed by atoms with Gasteiger partial charge < -0.3 is 15.2 Å². The lowest BCUT2D eigenvalue weighted by molar-refractivity contribution is 0.0326. The van der Waals surface area contributed by atoms with Crippen molar-refractivity contribution in [2.45, 2.75) is 36.5 Å². The van der Waals surface area contributed by atoms with Gasteiger partial charge in [0.2, 0.25) is 0 Å². The van der Waals surface area contributed by atoms with Crippen LogP contribution in [0, 0.1) is 5.92 Å². The van der Waals surface area contributed by atoms with Crippen molar-refractivity contribution < 1.29 is 9.84 Å². The van der Waals surface area contributed by atoms with Gasteiger partial charge in [0.05, 0.1) is 12.7 Å². The van der Waals surface area contributed by atoms with E-state index >= 15 is 0 Å². The highest BCUT2D eigenvalue weighted by Crippen LogP contribution is 2.46. The number of aliphatic hydroxyl groups is 1. The van der Waals surface area contributed by atoms with Crippen LogP contribution < -0.4 is 5.32 Å². The summed E-state index contributed by atoms with van der Waals surface area (Å²) < 4.78 is 5.93. The molecule has 0 aromatic carbocycles. The summed E-state index contributed by atoms with van der Waals surface area (Å²) in [4.78, 5) is 0. The molecule has 0 bridgehead atoms. The summed E-state index contributed by atoms with van der Waals surface area (Å²) in [5.41, 5.74) is 0. The lowest BCUT2D eigenvalue weighted by Crippen LogP contribution is -2.35. The zero-order valence-corrected chi connectivity index (χ0v) is 10.9. The van der Waals surface area contributed by atoms with E-state index in [-0.39, 0.29) is 6.10 Å². The lowest BCUT2D eigenvalue weighted by atomic mass is 10.3. The minimum atomic E-state index is -0.351. The average Bonchev–Trinajstić information content (AvgIpc) is 3.13. The number of nitrogens with one attached hydrogen (secondary N) is 1.